The Bertz CT molecular complexity index is 467. The van der Waals surface area contributed by atoms with Crippen molar-refractivity contribution >= 4 is 21.6 Å². The zero-order valence-electron chi connectivity index (χ0n) is 10.9. The third-order valence-corrected chi connectivity index (χ3v) is 4.00. The summed E-state index contributed by atoms with van der Waals surface area (Å²) in [5.41, 5.74) is 1.76. The minimum absolute atomic E-state index is 0.704. The van der Waals surface area contributed by atoms with Crippen molar-refractivity contribution in [2.45, 2.75) is 6.42 Å². The summed E-state index contributed by atoms with van der Waals surface area (Å²) in [7, 11) is 4.24. The van der Waals surface area contributed by atoms with Gasteiger partial charge in [-0.1, -0.05) is 15.9 Å². The van der Waals surface area contributed by atoms with E-state index in [4.69, 9.17) is 0 Å². The van der Waals surface area contributed by atoms with Crippen molar-refractivity contribution in [2.24, 2.45) is 5.92 Å². The summed E-state index contributed by atoms with van der Waals surface area (Å²) in [6.45, 7) is 3.35. The molecule has 1 aromatic carbocycles. The lowest BCUT2D eigenvalue weighted by atomic mass is 10.1. The second-order valence-electron chi connectivity index (χ2n) is 5.07. The summed E-state index contributed by atoms with van der Waals surface area (Å²) in [5.74, 6) is 0.704. The lowest BCUT2D eigenvalue weighted by molar-refractivity contribution is 0.396. The number of likely N-dealkylation sites (tertiary alicyclic amines) is 1. The van der Waals surface area contributed by atoms with Crippen molar-refractivity contribution in [2.75, 3.05) is 38.6 Å². The van der Waals surface area contributed by atoms with Crippen molar-refractivity contribution in [1.29, 1.82) is 5.26 Å². The Labute approximate surface area is 117 Å². The van der Waals surface area contributed by atoms with E-state index in [1.165, 1.54) is 13.0 Å². The monoisotopic (exact) mass is 307 g/mol. The smallest absolute Gasteiger partial charge is 0.101 e. The fourth-order valence-corrected chi connectivity index (χ4v) is 2.95. The molecule has 1 atom stereocenters. The predicted molar refractivity (Wildman–Crippen MR) is 77.7 cm³/mol. The lowest BCUT2D eigenvalue weighted by Crippen LogP contribution is -2.27. The van der Waals surface area contributed by atoms with Crippen molar-refractivity contribution in [1.82, 2.24) is 4.90 Å². The lowest BCUT2D eigenvalue weighted by Gasteiger charge is -2.24. The van der Waals surface area contributed by atoms with Crippen molar-refractivity contribution in [3.05, 3.63) is 28.2 Å². The maximum atomic E-state index is 9.19. The standard InChI is InChI=1S/C14H18BrN3/c1-17-6-5-11(9-17)10-18(2)14-4-3-13(15)7-12(14)8-16/h3-4,7,11H,5-6,9-10H2,1-2H3. The first-order chi connectivity index (χ1) is 8.60. The first-order valence-corrected chi connectivity index (χ1v) is 6.99. The van der Waals surface area contributed by atoms with E-state index in [0.29, 0.717) is 5.92 Å². The van der Waals surface area contributed by atoms with Crippen molar-refractivity contribution < 1.29 is 0 Å². The average molecular weight is 308 g/mol. The molecule has 1 aliphatic heterocycles. The summed E-state index contributed by atoms with van der Waals surface area (Å²) in [5, 5.41) is 9.19. The molecule has 2 rings (SSSR count). The fraction of sp³-hybridized carbons (Fsp3) is 0.500. The van der Waals surface area contributed by atoms with Gasteiger partial charge in [-0.2, -0.15) is 5.26 Å². The van der Waals surface area contributed by atoms with Gasteiger partial charge in [0.2, 0.25) is 0 Å². The maximum Gasteiger partial charge on any atom is 0.101 e. The van der Waals surface area contributed by atoms with Crippen LogP contribution in [0.4, 0.5) is 5.69 Å². The average Bonchev–Trinajstić information content (AvgIpc) is 2.74. The SMILES string of the molecule is CN1CCC(CN(C)c2ccc(Br)cc2C#N)C1. The number of nitrogens with zero attached hydrogens (tertiary/aromatic N) is 3. The molecule has 1 saturated heterocycles. The van der Waals surface area contributed by atoms with E-state index in [-0.39, 0.29) is 0 Å². The molecule has 1 fully saturated rings. The molecule has 0 amide bonds. The van der Waals surface area contributed by atoms with Crippen molar-refractivity contribution in [3.8, 4) is 6.07 Å². The summed E-state index contributed by atoms with van der Waals surface area (Å²) >= 11 is 3.41. The van der Waals surface area contributed by atoms with Crippen LogP contribution >= 0.6 is 15.9 Å². The third-order valence-electron chi connectivity index (χ3n) is 3.51. The van der Waals surface area contributed by atoms with E-state index in [1.54, 1.807) is 0 Å². The number of anilines is 1. The van der Waals surface area contributed by atoms with Gasteiger partial charge in [-0.05, 0) is 44.1 Å². The fourth-order valence-electron chi connectivity index (χ4n) is 2.59. The molecular formula is C14H18BrN3. The molecule has 0 bridgehead atoms. The van der Waals surface area contributed by atoms with Gasteiger partial charge in [-0.3, -0.25) is 0 Å². The molecule has 0 saturated carbocycles. The highest BCUT2D eigenvalue weighted by atomic mass is 79.9. The molecule has 96 valence electrons. The maximum absolute atomic E-state index is 9.19. The van der Waals surface area contributed by atoms with Gasteiger partial charge < -0.3 is 9.80 Å². The number of rotatable bonds is 3. The highest BCUT2D eigenvalue weighted by molar-refractivity contribution is 9.10. The largest absolute Gasteiger partial charge is 0.373 e. The molecule has 1 aliphatic rings. The molecule has 0 aliphatic carbocycles. The van der Waals surface area contributed by atoms with Crippen LogP contribution < -0.4 is 4.90 Å². The Morgan fingerprint density at radius 1 is 1.56 bits per heavy atom. The van der Waals surface area contributed by atoms with Crippen LogP contribution in [0.1, 0.15) is 12.0 Å². The number of hydrogen-bond acceptors (Lipinski definition) is 3. The Hall–Kier alpha value is -1.05. The van der Waals surface area contributed by atoms with Crippen LogP contribution in [0.15, 0.2) is 22.7 Å². The molecule has 3 nitrogen and oxygen atoms in total. The van der Waals surface area contributed by atoms with E-state index in [9.17, 15) is 5.26 Å². The first kappa shape index (κ1) is 13.4. The quantitative estimate of drug-likeness (QED) is 0.860. The van der Waals surface area contributed by atoms with Gasteiger partial charge in [0.1, 0.15) is 6.07 Å². The van der Waals surface area contributed by atoms with Gasteiger partial charge in [0, 0.05) is 24.6 Å². The number of benzene rings is 1. The van der Waals surface area contributed by atoms with E-state index < -0.39 is 0 Å². The van der Waals surface area contributed by atoms with Gasteiger partial charge in [0.25, 0.3) is 0 Å². The Morgan fingerprint density at radius 3 is 2.94 bits per heavy atom. The van der Waals surface area contributed by atoms with Crippen LogP contribution in [0.3, 0.4) is 0 Å². The van der Waals surface area contributed by atoms with Gasteiger partial charge in [-0.15, -0.1) is 0 Å². The second-order valence-corrected chi connectivity index (χ2v) is 5.99. The van der Waals surface area contributed by atoms with Crippen LogP contribution in [0.25, 0.3) is 0 Å². The molecule has 1 heterocycles. The number of hydrogen-bond donors (Lipinski definition) is 0. The Kier molecular flexibility index (Phi) is 4.26. The van der Waals surface area contributed by atoms with Crippen LogP contribution in [0.2, 0.25) is 0 Å². The molecule has 4 heteroatoms. The number of halogens is 1. The molecule has 0 N–H and O–H groups in total. The molecule has 0 radical (unpaired) electrons. The molecule has 18 heavy (non-hydrogen) atoms. The van der Waals surface area contributed by atoms with E-state index >= 15 is 0 Å². The van der Waals surface area contributed by atoms with Gasteiger partial charge in [0.15, 0.2) is 0 Å². The highest BCUT2D eigenvalue weighted by Crippen LogP contribution is 2.25. The predicted octanol–water partition coefficient (Wildman–Crippen LogP) is 2.71. The Balaban J connectivity index is 2.09. The zero-order valence-corrected chi connectivity index (χ0v) is 12.4. The topological polar surface area (TPSA) is 30.3 Å². The molecule has 0 spiro atoms. The van der Waals surface area contributed by atoms with E-state index in [2.05, 4.69) is 45.9 Å². The van der Waals surface area contributed by atoms with E-state index in [1.807, 2.05) is 18.2 Å². The van der Waals surface area contributed by atoms with E-state index in [0.717, 1.165) is 28.8 Å². The summed E-state index contributed by atoms with van der Waals surface area (Å²) in [4.78, 5) is 4.57. The molecule has 1 unspecified atom stereocenters. The van der Waals surface area contributed by atoms with Crippen molar-refractivity contribution in [3.63, 3.8) is 0 Å². The summed E-state index contributed by atoms with van der Waals surface area (Å²) in [6, 6.07) is 8.16. The molecular weight excluding hydrogens is 290 g/mol. The highest BCUT2D eigenvalue weighted by Gasteiger charge is 2.21. The minimum atomic E-state index is 0.704. The third kappa shape index (κ3) is 3.04. The zero-order chi connectivity index (χ0) is 13.1. The van der Waals surface area contributed by atoms with Gasteiger partial charge in [-0.25, -0.2) is 0 Å². The second kappa shape index (κ2) is 5.73. The number of nitriles is 1. The minimum Gasteiger partial charge on any atom is -0.373 e. The molecule has 1 aromatic rings. The Morgan fingerprint density at radius 2 is 2.33 bits per heavy atom. The first-order valence-electron chi connectivity index (χ1n) is 6.19. The van der Waals surface area contributed by atoms with Gasteiger partial charge in [0.05, 0.1) is 11.3 Å². The van der Waals surface area contributed by atoms with Gasteiger partial charge >= 0.3 is 0 Å². The normalized spacial score (nSPS) is 19.8. The molecule has 0 aromatic heterocycles. The van der Waals surface area contributed by atoms with Crippen LogP contribution in [-0.4, -0.2) is 38.6 Å². The summed E-state index contributed by atoms with van der Waals surface area (Å²) < 4.78 is 0.955. The van der Waals surface area contributed by atoms with Crippen LogP contribution in [0.5, 0.6) is 0 Å². The van der Waals surface area contributed by atoms with Crippen LogP contribution in [-0.2, 0) is 0 Å². The van der Waals surface area contributed by atoms with Crippen LogP contribution in [0, 0.1) is 17.2 Å². The summed E-state index contributed by atoms with van der Waals surface area (Å²) in [6.07, 6.45) is 1.25.